The van der Waals surface area contributed by atoms with E-state index in [1.54, 1.807) is 12.1 Å². The van der Waals surface area contributed by atoms with E-state index in [1.807, 2.05) is 0 Å². The number of nitrogen functional groups attached to an aromatic ring is 1. The molecule has 0 unspecified atom stereocenters. The van der Waals surface area contributed by atoms with Gasteiger partial charge in [-0.2, -0.15) is 4.98 Å². The second kappa shape index (κ2) is 5.49. The highest BCUT2D eigenvalue weighted by Crippen LogP contribution is 2.39. The fourth-order valence-corrected chi connectivity index (χ4v) is 1.98. The van der Waals surface area contributed by atoms with E-state index in [-0.39, 0.29) is 23.3 Å². The average molecular weight is 390 g/mol. The number of nitro groups is 1. The minimum Gasteiger partial charge on any atom is -0.429 e. The Morgan fingerprint density at radius 3 is 2.74 bits per heavy atom. The van der Waals surface area contributed by atoms with Gasteiger partial charge in [-0.1, -0.05) is 6.07 Å². The van der Waals surface area contributed by atoms with Crippen molar-refractivity contribution in [2.24, 2.45) is 0 Å². The third kappa shape index (κ3) is 2.99. The van der Waals surface area contributed by atoms with E-state index < -0.39 is 4.92 Å². The van der Waals surface area contributed by atoms with E-state index in [1.165, 1.54) is 12.3 Å². The maximum Gasteiger partial charge on any atom is 0.312 e. The minimum absolute atomic E-state index is 0.00732. The molecule has 0 fully saturated rings. The molecule has 0 spiro atoms. The smallest absolute Gasteiger partial charge is 0.312 e. The van der Waals surface area contributed by atoms with E-state index in [2.05, 4.69) is 41.8 Å². The Morgan fingerprint density at radius 2 is 2.05 bits per heavy atom. The number of nitrogens with zero attached hydrogens (tertiary/aromatic N) is 3. The van der Waals surface area contributed by atoms with Gasteiger partial charge in [-0.3, -0.25) is 10.1 Å². The van der Waals surface area contributed by atoms with Crippen LogP contribution in [0.5, 0.6) is 11.6 Å². The summed E-state index contributed by atoms with van der Waals surface area (Å²) in [6.07, 6.45) is 1.40. The average Bonchev–Trinajstić information content (AvgIpc) is 2.35. The maximum absolute atomic E-state index is 11.0. The second-order valence-corrected chi connectivity index (χ2v) is 5.04. The Hall–Kier alpha value is -1.74. The van der Waals surface area contributed by atoms with E-state index in [0.29, 0.717) is 8.95 Å². The van der Waals surface area contributed by atoms with Gasteiger partial charge in [-0.25, -0.2) is 4.98 Å². The lowest BCUT2D eigenvalue weighted by molar-refractivity contribution is -0.385. The van der Waals surface area contributed by atoms with Crippen molar-refractivity contribution in [3.63, 3.8) is 0 Å². The largest absolute Gasteiger partial charge is 0.429 e. The van der Waals surface area contributed by atoms with Crippen LogP contribution in [0.1, 0.15) is 0 Å². The molecule has 2 aromatic rings. The first kappa shape index (κ1) is 13.7. The molecule has 1 aromatic carbocycles. The zero-order valence-electron chi connectivity index (χ0n) is 9.21. The molecule has 0 amide bonds. The molecule has 0 saturated heterocycles. The van der Waals surface area contributed by atoms with Crippen LogP contribution in [0.25, 0.3) is 0 Å². The predicted octanol–water partition coefficient (Wildman–Crippen LogP) is 3.28. The summed E-state index contributed by atoms with van der Waals surface area (Å²) in [7, 11) is 0. The molecular weight excluding hydrogens is 384 g/mol. The lowest BCUT2D eigenvalue weighted by Crippen LogP contribution is -1.99. The molecule has 0 aliphatic carbocycles. The van der Waals surface area contributed by atoms with E-state index in [4.69, 9.17) is 10.5 Å². The number of nitrogens with two attached hydrogens (primary N) is 1. The molecule has 0 bridgehead atoms. The van der Waals surface area contributed by atoms with Crippen LogP contribution in [-0.2, 0) is 0 Å². The second-order valence-electron chi connectivity index (χ2n) is 3.33. The lowest BCUT2D eigenvalue weighted by atomic mass is 10.3. The number of ether oxygens (including phenoxy) is 1. The molecule has 9 heteroatoms. The van der Waals surface area contributed by atoms with Crippen molar-refractivity contribution in [1.82, 2.24) is 9.97 Å². The zero-order valence-corrected chi connectivity index (χ0v) is 12.4. The molecule has 0 atom stereocenters. The van der Waals surface area contributed by atoms with Gasteiger partial charge in [-0.05, 0) is 37.9 Å². The Kier molecular flexibility index (Phi) is 3.96. The lowest BCUT2D eigenvalue weighted by Gasteiger charge is -2.08. The summed E-state index contributed by atoms with van der Waals surface area (Å²) < 4.78 is 6.32. The van der Waals surface area contributed by atoms with E-state index in [9.17, 15) is 10.1 Å². The highest BCUT2D eigenvalue weighted by atomic mass is 79.9. The Bertz CT molecular complexity index is 651. The first-order valence-electron chi connectivity index (χ1n) is 4.88. The van der Waals surface area contributed by atoms with Crippen LogP contribution in [0.2, 0.25) is 0 Å². The van der Waals surface area contributed by atoms with Gasteiger partial charge in [-0.15, -0.1) is 0 Å². The highest BCUT2D eigenvalue weighted by molar-refractivity contribution is 9.11. The molecule has 0 aliphatic rings. The van der Waals surface area contributed by atoms with Gasteiger partial charge in [0.1, 0.15) is 0 Å². The fourth-order valence-electron chi connectivity index (χ4n) is 1.27. The zero-order chi connectivity index (χ0) is 14.0. The summed E-state index contributed by atoms with van der Waals surface area (Å²) in [6, 6.07) is 4.50. The number of halogens is 2. The van der Waals surface area contributed by atoms with Crippen LogP contribution in [0.15, 0.2) is 33.3 Å². The highest BCUT2D eigenvalue weighted by Gasteiger charge is 2.20. The third-order valence-electron chi connectivity index (χ3n) is 2.07. The summed E-state index contributed by atoms with van der Waals surface area (Å²) in [4.78, 5) is 18.0. The number of benzene rings is 1. The number of hydrogen-bond acceptors (Lipinski definition) is 6. The van der Waals surface area contributed by atoms with Gasteiger partial charge >= 0.3 is 5.69 Å². The molecule has 0 saturated carbocycles. The number of hydrogen-bond donors (Lipinski definition) is 1. The molecule has 0 radical (unpaired) electrons. The minimum atomic E-state index is -0.543. The van der Waals surface area contributed by atoms with Gasteiger partial charge in [0.2, 0.25) is 17.6 Å². The number of aromatic nitrogens is 2. The summed E-state index contributed by atoms with van der Waals surface area (Å²) in [6.45, 7) is 0. The molecule has 1 aromatic heterocycles. The summed E-state index contributed by atoms with van der Waals surface area (Å²) in [5.74, 6) is 0.154. The number of nitro benzene ring substituents is 1. The van der Waals surface area contributed by atoms with Crippen molar-refractivity contribution >= 4 is 43.5 Å². The first-order chi connectivity index (χ1) is 8.99. The maximum atomic E-state index is 11.0. The monoisotopic (exact) mass is 388 g/mol. The van der Waals surface area contributed by atoms with Crippen LogP contribution in [0.3, 0.4) is 0 Å². The first-order valence-corrected chi connectivity index (χ1v) is 6.46. The topological polar surface area (TPSA) is 104 Å². The SMILES string of the molecule is Nc1ncc(Br)c(Oc2c(Br)cccc2[N+](=O)[O-])n1. The van der Waals surface area contributed by atoms with Crippen LogP contribution in [-0.4, -0.2) is 14.9 Å². The fraction of sp³-hybridized carbons (Fsp3) is 0. The molecular formula is C10H6Br2N4O3. The van der Waals surface area contributed by atoms with Crippen LogP contribution in [0, 0.1) is 10.1 Å². The standard InChI is InChI=1S/C10H6Br2N4O3/c11-5-2-1-3-7(16(17)18)8(5)19-9-6(12)4-14-10(13)15-9/h1-4H,(H2,13,14,15). The van der Waals surface area contributed by atoms with Crippen molar-refractivity contribution in [1.29, 1.82) is 0 Å². The van der Waals surface area contributed by atoms with Gasteiger partial charge in [0.15, 0.2) is 0 Å². The molecule has 19 heavy (non-hydrogen) atoms. The van der Waals surface area contributed by atoms with E-state index in [0.717, 1.165) is 0 Å². The number of para-hydroxylation sites is 1. The van der Waals surface area contributed by atoms with Crippen LogP contribution < -0.4 is 10.5 Å². The van der Waals surface area contributed by atoms with Crippen molar-refractivity contribution in [3.05, 3.63) is 43.5 Å². The van der Waals surface area contributed by atoms with Gasteiger partial charge < -0.3 is 10.5 Å². The van der Waals surface area contributed by atoms with Crippen molar-refractivity contribution in [2.75, 3.05) is 5.73 Å². The van der Waals surface area contributed by atoms with Gasteiger partial charge in [0, 0.05) is 6.07 Å². The van der Waals surface area contributed by atoms with Crippen LogP contribution in [0.4, 0.5) is 11.6 Å². The van der Waals surface area contributed by atoms with E-state index >= 15 is 0 Å². The van der Waals surface area contributed by atoms with Gasteiger partial charge in [0.05, 0.1) is 20.1 Å². The molecule has 1 heterocycles. The predicted molar refractivity (Wildman–Crippen MR) is 75.0 cm³/mol. The van der Waals surface area contributed by atoms with Crippen molar-refractivity contribution < 1.29 is 9.66 Å². The summed E-state index contributed by atoms with van der Waals surface area (Å²) in [5.41, 5.74) is 5.27. The van der Waals surface area contributed by atoms with Crippen molar-refractivity contribution in [2.45, 2.75) is 0 Å². The summed E-state index contributed by atoms with van der Waals surface area (Å²) >= 11 is 6.38. The summed E-state index contributed by atoms with van der Waals surface area (Å²) in [5, 5.41) is 11.0. The molecule has 7 nitrogen and oxygen atoms in total. The van der Waals surface area contributed by atoms with Gasteiger partial charge in [0.25, 0.3) is 0 Å². The molecule has 98 valence electrons. The van der Waals surface area contributed by atoms with Crippen LogP contribution >= 0.6 is 31.9 Å². The Morgan fingerprint density at radius 1 is 1.32 bits per heavy atom. The quantitative estimate of drug-likeness (QED) is 0.637. The molecule has 0 aliphatic heterocycles. The normalized spacial score (nSPS) is 10.2. The number of anilines is 1. The molecule has 2 rings (SSSR count). The number of rotatable bonds is 3. The molecule has 2 N–H and O–H groups in total. The Balaban J connectivity index is 2.49. The Labute approximate surface area is 124 Å². The van der Waals surface area contributed by atoms with Crippen molar-refractivity contribution in [3.8, 4) is 11.6 Å². The third-order valence-corrected chi connectivity index (χ3v) is 3.24.